The monoisotopic (exact) mass is 315 g/mol. The van der Waals surface area contributed by atoms with Gasteiger partial charge >= 0.3 is 11.8 Å². The van der Waals surface area contributed by atoms with E-state index >= 15 is 0 Å². The molecule has 8 heteroatoms. The van der Waals surface area contributed by atoms with Crippen LogP contribution in [0.25, 0.3) is 0 Å². The molecular formula is C11H7Cl2N3O2S. The maximum absolute atomic E-state index is 11.6. The Balaban J connectivity index is 2.00. The highest BCUT2D eigenvalue weighted by atomic mass is 35.5. The minimum Gasteiger partial charge on any atom is -0.318 e. The van der Waals surface area contributed by atoms with Gasteiger partial charge in [0.25, 0.3) is 0 Å². The summed E-state index contributed by atoms with van der Waals surface area (Å²) in [6.07, 6.45) is 1.52. The predicted octanol–water partition coefficient (Wildman–Crippen LogP) is 3.03. The number of nitrogens with one attached hydrogen (secondary N) is 2. The Hall–Kier alpha value is -1.63. The number of amides is 2. The van der Waals surface area contributed by atoms with E-state index in [0.717, 1.165) is 0 Å². The first-order chi connectivity index (χ1) is 9.06. The first kappa shape index (κ1) is 13.8. The van der Waals surface area contributed by atoms with Crippen molar-refractivity contribution in [3.8, 4) is 0 Å². The van der Waals surface area contributed by atoms with Crippen LogP contribution in [0.15, 0.2) is 29.8 Å². The van der Waals surface area contributed by atoms with Gasteiger partial charge in [-0.2, -0.15) is 0 Å². The molecule has 1 aromatic heterocycles. The van der Waals surface area contributed by atoms with Crippen molar-refractivity contribution in [3.05, 3.63) is 39.8 Å². The smallest absolute Gasteiger partial charge is 0.315 e. The van der Waals surface area contributed by atoms with E-state index < -0.39 is 11.8 Å². The van der Waals surface area contributed by atoms with Gasteiger partial charge in [-0.05, 0) is 18.2 Å². The molecule has 2 rings (SSSR count). The summed E-state index contributed by atoms with van der Waals surface area (Å²) in [6, 6.07) is 4.53. The lowest BCUT2D eigenvalue weighted by Crippen LogP contribution is -2.28. The largest absolute Gasteiger partial charge is 0.318 e. The zero-order valence-electron chi connectivity index (χ0n) is 9.31. The lowest BCUT2D eigenvalue weighted by atomic mass is 10.3. The van der Waals surface area contributed by atoms with E-state index in [9.17, 15) is 9.59 Å². The third kappa shape index (κ3) is 3.66. The van der Waals surface area contributed by atoms with Gasteiger partial charge in [0.05, 0.1) is 10.0 Å². The summed E-state index contributed by atoms with van der Waals surface area (Å²) in [6.45, 7) is 0. The normalized spacial score (nSPS) is 10.0. The molecule has 0 aliphatic heterocycles. The topological polar surface area (TPSA) is 71.1 Å². The molecule has 2 amide bonds. The maximum atomic E-state index is 11.6. The minimum atomic E-state index is -0.811. The van der Waals surface area contributed by atoms with Crippen LogP contribution in [0.5, 0.6) is 0 Å². The molecular weight excluding hydrogens is 309 g/mol. The second kappa shape index (κ2) is 6.01. The van der Waals surface area contributed by atoms with Crippen LogP contribution in [-0.4, -0.2) is 16.8 Å². The van der Waals surface area contributed by atoms with Crippen LogP contribution in [0.2, 0.25) is 10.0 Å². The Morgan fingerprint density at radius 1 is 1.11 bits per heavy atom. The molecule has 0 fully saturated rings. The molecule has 1 heterocycles. The number of hydrogen-bond donors (Lipinski definition) is 2. The van der Waals surface area contributed by atoms with Gasteiger partial charge in [0.2, 0.25) is 0 Å². The second-order valence-corrected chi connectivity index (χ2v) is 5.08. The van der Waals surface area contributed by atoms with E-state index in [2.05, 4.69) is 15.6 Å². The highest BCUT2D eigenvalue weighted by molar-refractivity contribution is 7.13. The van der Waals surface area contributed by atoms with E-state index in [1.807, 2.05) is 0 Å². The molecule has 0 spiro atoms. The van der Waals surface area contributed by atoms with E-state index in [1.165, 1.54) is 29.7 Å². The van der Waals surface area contributed by atoms with Crippen molar-refractivity contribution in [1.29, 1.82) is 0 Å². The average molecular weight is 316 g/mol. The molecule has 0 aliphatic carbocycles. The van der Waals surface area contributed by atoms with Gasteiger partial charge in [-0.3, -0.25) is 14.9 Å². The fraction of sp³-hybridized carbons (Fsp3) is 0. The van der Waals surface area contributed by atoms with Crippen molar-refractivity contribution in [3.63, 3.8) is 0 Å². The Morgan fingerprint density at radius 3 is 2.47 bits per heavy atom. The lowest BCUT2D eigenvalue weighted by Gasteiger charge is -2.05. The number of halogens is 2. The summed E-state index contributed by atoms with van der Waals surface area (Å²) in [5.74, 6) is -1.62. The molecule has 0 bridgehead atoms. The van der Waals surface area contributed by atoms with Crippen LogP contribution < -0.4 is 10.6 Å². The Morgan fingerprint density at radius 2 is 1.84 bits per heavy atom. The van der Waals surface area contributed by atoms with E-state index in [0.29, 0.717) is 20.9 Å². The van der Waals surface area contributed by atoms with Gasteiger partial charge < -0.3 is 5.32 Å². The number of benzene rings is 1. The molecule has 19 heavy (non-hydrogen) atoms. The molecule has 0 radical (unpaired) electrons. The van der Waals surface area contributed by atoms with Crippen molar-refractivity contribution in [1.82, 2.24) is 4.98 Å². The van der Waals surface area contributed by atoms with E-state index in [4.69, 9.17) is 23.2 Å². The van der Waals surface area contributed by atoms with Crippen molar-refractivity contribution in [2.24, 2.45) is 0 Å². The predicted molar refractivity (Wildman–Crippen MR) is 75.8 cm³/mol. The molecule has 0 saturated heterocycles. The van der Waals surface area contributed by atoms with E-state index in [1.54, 1.807) is 11.4 Å². The fourth-order valence-electron chi connectivity index (χ4n) is 1.20. The van der Waals surface area contributed by atoms with Gasteiger partial charge in [-0.1, -0.05) is 23.2 Å². The molecule has 2 aromatic rings. The van der Waals surface area contributed by atoms with Gasteiger partial charge in [-0.25, -0.2) is 4.98 Å². The number of anilines is 2. The van der Waals surface area contributed by atoms with E-state index in [-0.39, 0.29) is 0 Å². The summed E-state index contributed by atoms with van der Waals surface area (Å²) < 4.78 is 0. The number of carbonyl (C=O) groups excluding carboxylic acids is 2. The number of rotatable bonds is 2. The molecule has 0 unspecified atom stereocenters. The maximum Gasteiger partial charge on any atom is 0.315 e. The summed E-state index contributed by atoms with van der Waals surface area (Å²) in [5, 5.41) is 7.47. The number of hydrogen-bond acceptors (Lipinski definition) is 4. The van der Waals surface area contributed by atoms with Crippen molar-refractivity contribution < 1.29 is 9.59 Å². The van der Waals surface area contributed by atoms with Crippen LogP contribution in [0.1, 0.15) is 0 Å². The van der Waals surface area contributed by atoms with Gasteiger partial charge in [0, 0.05) is 17.3 Å². The zero-order chi connectivity index (χ0) is 13.8. The highest BCUT2D eigenvalue weighted by Gasteiger charge is 2.15. The first-order valence-electron chi connectivity index (χ1n) is 5.03. The Labute approximate surface area is 122 Å². The quantitative estimate of drug-likeness (QED) is 0.837. The lowest BCUT2D eigenvalue weighted by molar-refractivity contribution is -0.132. The van der Waals surface area contributed by atoms with Gasteiger partial charge in [-0.15, -0.1) is 11.3 Å². The SMILES string of the molecule is O=C(Nc1ccc(Cl)c(Cl)c1)C(=O)Nc1nccs1. The van der Waals surface area contributed by atoms with Crippen molar-refractivity contribution >= 4 is 57.2 Å². The first-order valence-corrected chi connectivity index (χ1v) is 6.66. The number of nitrogens with zero attached hydrogens (tertiary/aromatic N) is 1. The number of thiazole rings is 1. The molecule has 0 atom stereocenters. The standard InChI is InChI=1S/C11H7Cl2N3O2S/c12-7-2-1-6(5-8(7)13)15-9(17)10(18)16-11-14-3-4-19-11/h1-5H,(H,15,17)(H,14,16,18). The second-order valence-electron chi connectivity index (χ2n) is 3.37. The third-order valence-electron chi connectivity index (χ3n) is 2.04. The van der Waals surface area contributed by atoms with Gasteiger partial charge in [0.15, 0.2) is 5.13 Å². The van der Waals surface area contributed by atoms with Crippen LogP contribution in [-0.2, 0) is 9.59 Å². The fourth-order valence-corrected chi connectivity index (χ4v) is 2.02. The molecule has 98 valence electrons. The van der Waals surface area contributed by atoms with Crippen molar-refractivity contribution in [2.75, 3.05) is 10.6 Å². The Kier molecular flexibility index (Phi) is 4.36. The van der Waals surface area contributed by atoms with Gasteiger partial charge in [0.1, 0.15) is 0 Å². The highest BCUT2D eigenvalue weighted by Crippen LogP contribution is 2.24. The molecule has 0 saturated carbocycles. The molecule has 0 aliphatic rings. The molecule has 2 N–H and O–H groups in total. The van der Waals surface area contributed by atoms with Crippen molar-refractivity contribution in [2.45, 2.75) is 0 Å². The third-order valence-corrected chi connectivity index (χ3v) is 3.46. The number of aromatic nitrogens is 1. The summed E-state index contributed by atoms with van der Waals surface area (Å²) >= 11 is 12.8. The number of carbonyl (C=O) groups is 2. The summed E-state index contributed by atoms with van der Waals surface area (Å²) in [4.78, 5) is 27.0. The minimum absolute atomic E-state index is 0.291. The van der Waals surface area contributed by atoms with Crippen LogP contribution in [0, 0.1) is 0 Å². The molecule has 5 nitrogen and oxygen atoms in total. The zero-order valence-corrected chi connectivity index (χ0v) is 11.6. The summed E-state index contributed by atoms with van der Waals surface area (Å²) in [7, 11) is 0. The van der Waals surface area contributed by atoms with Crippen LogP contribution >= 0.6 is 34.5 Å². The summed E-state index contributed by atoms with van der Waals surface area (Å²) in [5.41, 5.74) is 0.383. The van der Waals surface area contributed by atoms with Crippen LogP contribution in [0.4, 0.5) is 10.8 Å². The average Bonchev–Trinajstić information content (AvgIpc) is 2.86. The Bertz CT molecular complexity index is 616. The van der Waals surface area contributed by atoms with Crippen LogP contribution in [0.3, 0.4) is 0 Å². The molecule has 1 aromatic carbocycles.